The Bertz CT molecular complexity index is 774. The molecule has 0 saturated carbocycles. The van der Waals surface area contributed by atoms with Crippen molar-refractivity contribution in [2.75, 3.05) is 0 Å². The zero-order valence-corrected chi connectivity index (χ0v) is 9.92. The number of hydrogen-bond acceptors (Lipinski definition) is 3. The first-order valence-corrected chi connectivity index (χ1v) is 6.13. The van der Waals surface area contributed by atoms with Crippen molar-refractivity contribution >= 4 is 21.6 Å². The van der Waals surface area contributed by atoms with Crippen LogP contribution in [0.4, 0.5) is 4.39 Å². The summed E-state index contributed by atoms with van der Waals surface area (Å²) < 4.78 is 12.9. The van der Waals surface area contributed by atoms with Crippen molar-refractivity contribution in [3.8, 4) is 16.9 Å². The van der Waals surface area contributed by atoms with Gasteiger partial charge in [-0.3, -0.25) is 4.79 Å². The van der Waals surface area contributed by atoms with E-state index in [4.69, 9.17) is 0 Å². The Morgan fingerprint density at radius 1 is 1.17 bits per heavy atom. The first kappa shape index (κ1) is 11.0. The summed E-state index contributed by atoms with van der Waals surface area (Å²) in [6, 6.07) is 7.19. The molecule has 0 amide bonds. The lowest BCUT2D eigenvalue weighted by Crippen LogP contribution is -2.08. The minimum Gasteiger partial charge on any atom is -0.506 e. The van der Waals surface area contributed by atoms with Crippen LogP contribution < -0.4 is 5.56 Å². The molecule has 5 heteroatoms. The van der Waals surface area contributed by atoms with Crippen LogP contribution in [0.15, 0.2) is 40.5 Å². The number of rotatable bonds is 1. The maximum Gasteiger partial charge on any atom is 0.260 e. The molecule has 3 nitrogen and oxygen atoms in total. The van der Waals surface area contributed by atoms with Gasteiger partial charge in [0.1, 0.15) is 16.4 Å². The van der Waals surface area contributed by atoms with Gasteiger partial charge in [-0.15, -0.1) is 11.3 Å². The number of hydrogen-bond donors (Lipinski definition) is 2. The Kier molecular flexibility index (Phi) is 2.41. The van der Waals surface area contributed by atoms with E-state index >= 15 is 0 Å². The molecule has 18 heavy (non-hydrogen) atoms. The third kappa shape index (κ3) is 1.60. The van der Waals surface area contributed by atoms with Gasteiger partial charge >= 0.3 is 0 Å². The third-order valence-corrected chi connectivity index (χ3v) is 3.57. The Morgan fingerprint density at radius 2 is 1.89 bits per heavy atom. The summed E-state index contributed by atoms with van der Waals surface area (Å²) in [6.07, 6.45) is 0. The lowest BCUT2D eigenvalue weighted by Gasteiger charge is -2.04. The minimum absolute atomic E-state index is 0.0680. The predicted molar refractivity (Wildman–Crippen MR) is 69.5 cm³/mol. The molecule has 0 saturated heterocycles. The normalized spacial score (nSPS) is 10.9. The second-order valence-electron chi connectivity index (χ2n) is 3.85. The fraction of sp³-hybridized carbons (Fsp3) is 0. The van der Waals surface area contributed by atoms with Gasteiger partial charge in [-0.25, -0.2) is 4.39 Å². The summed E-state index contributed by atoms with van der Waals surface area (Å²) in [4.78, 5) is 15.3. The Morgan fingerprint density at radius 3 is 2.61 bits per heavy atom. The molecular weight excluding hydrogens is 253 g/mol. The molecule has 0 aliphatic heterocycles. The van der Waals surface area contributed by atoms with E-state index < -0.39 is 0 Å². The molecular formula is C13H8FNO2S. The topological polar surface area (TPSA) is 53.1 Å². The lowest BCUT2D eigenvalue weighted by molar-refractivity contribution is 0.482. The summed E-state index contributed by atoms with van der Waals surface area (Å²) in [5.74, 6) is -0.451. The van der Waals surface area contributed by atoms with E-state index in [-0.39, 0.29) is 22.7 Å². The highest BCUT2D eigenvalue weighted by atomic mass is 32.1. The number of H-pyrrole nitrogens is 1. The van der Waals surface area contributed by atoms with Crippen LogP contribution >= 0.6 is 11.3 Å². The van der Waals surface area contributed by atoms with Gasteiger partial charge in [0.05, 0.1) is 10.9 Å². The van der Waals surface area contributed by atoms with Crippen molar-refractivity contribution in [1.82, 2.24) is 4.98 Å². The van der Waals surface area contributed by atoms with Crippen LogP contribution in [0.1, 0.15) is 0 Å². The molecule has 0 spiro atoms. The van der Waals surface area contributed by atoms with E-state index in [9.17, 15) is 14.3 Å². The largest absolute Gasteiger partial charge is 0.506 e. The molecule has 2 heterocycles. The zero-order chi connectivity index (χ0) is 12.7. The van der Waals surface area contributed by atoms with E-state index in [1.54, 1.807) is 11.4 Å². The van der Waals surface area contributed by atoms with Gasteiger partial charge in [-0.1, -0.05) is 12.1 Å². The highest BCUT2D eigenvalue weighted by Gasteiger charge is 2.14. The summed E-state index contributed by atoms with van der Waals surface area (Å²) >= 11 is 1.35. The number of aromatic hydroxyl groups is 1. The standard InChI is InChI=1S/C13H8FNO2S/c14-8-3-1-7(2-4-8)10-11(16)9-5-6-18-13(9)15-12(10)17/h1-6H,(H2,15,16,17). The van der Waals surface area contributed by atoms with Gasteiger partial charge in [0.2, 0.25) is 0 Å². The van der Waals surface area contributed by atoms with Crippen molar-refractivity contribution < 1.29 is 9.50 Å². The number of aromatic amines is 1. The fourth-order valence-electron chi connectivity index (χ4n) is 1.88. The number of halogens is 1. The monoisotopic (exact) mass is 261 g/mol. The Hall–Kier alpha value is -2.14. The van der Waals surface area contributed by atoms with E-state index in [2.05, 4.69) is 4.98 Å². The first-order chi connectivity index (χ1) is 8.66. The quantitative estimate of drug-likeness (QED) is 0.707. The average molecular weight is 261 g/mol. The van der Waals surface area contributed by atoms with Crippen molar-refractivity contribution in [3.05, 3.63) is 51.9 Å². The van der Waals surface area contributed by atoms with Crippen molar-refractivity contribution in [1.29, 1.82) is 0 Å². The van der Waals surface area contributed by atoms with Crippen molar-refractivity contribution in [3.63, 3.8) is 0 Å². The van der Waals surface area contributed by atoms with Gasteiger partial charge in [0.25, 0.3) is 5.56 Å². The fourth-order valence-corrected chi connectivity index (χ4v) is 2.67. The highest BCUT2D eigenvalue weighted by molar-refractivity contribution is 7.16. The highest BCUT2D eigenvalue weighted by Crippen LogP contribution is 2.33. The number of aromatic nitrogens is 1. The van der Waals surface area contributed by atoms with Gasteiger partial charge in [0.15, 0.2) is 0 Å². The Labute approximate surface area is 105 Å². The molecule has 0 aliphatic rings. The molecule has 0 unspecified atom stereocenters. The van der Waals surface area contributed by atoms with Gasteiger partial charge < -0.3 is 10.1 Å². The SMILES string of the molecule is O=c1[nH]c2sccc2c(O)c1-c1ccc(F)cc1. The van der Waals surface area contributed by atoms with Gasteiger partial charge in [-0.05, 0) is 29.1 Å². The van der Waals surface area contributed by atoms with Gasteiger partial charge in [-0.2, -0.15) is 0 Å². The minimum atomic E-state index is -0.383. The summed E-state index contributed by atoms with van der Waals surface area (Å²) in [5.41, 5.74) is 0.276. The molecule has 0 atom stereocenters. The number of fused-ring (bicyclic) bond motifs is 1. The smallest absolute Gasteiger partial charge is 0.260 e. The predicted octanol–water partition coefficient (Wildman–Crippen LogP) is 3.10. The van der Waals surface area contributed by atoms with E-state index in [0.717, 1.165) is 0 Å². The van der Waals surface area contributed by atoms with E-state index in [0.29, 0.717) is 15.8 Å². The molecule has 0 bridgehead atoms. The number of benzene rings is 1. The van der Waals surface area contributed by atoms with Crippen molar-refractivity contribution in [2.24, 2.45) is 0 Å². The number of thiophene rings is 1. The molecule has 0 aliphatic carbocycles. The molecule has 0 fully saturated rings. The second kappa shape index (κ2) is 3.96. The van der Waals surface area contributed by atoms with Crippen LogP contribution in [-0.4, -0.2) is 10.1 Å². The molecule has 0 radical (unpaired) electrons. The van der Waals surface area contributed by atoms with Crippen LogP contribution in [-0.2, 0) is 0 Å². The lowest BCUT2D eigenvalue weighted by atomic mass is 10.1. The number of pyridine rings is 1. The average Bonchev–Trinajstić information content (AvgIpc) is 2.80. The molecule has 90 valence electrons. The molecule has 3 rings (SSSR count). The summed E-state index contributed by atoms with van der Waals surface area (Å²) in [7, 11) is 0. The van der Waals surface area contributed by atoms with E-state index in [1.165, 1.54) is 35.6 Å². The van der Waals surface area contributed by atoms with Crippen LogP contribution in [0.3, 0.4) is 0 Å². The van der Waals surface area contributed by atoms with Crippen LogP contribution in [0.5, 0.6) is 5.75 Å². The van der Waals surface area contributed by atoms with Gasteiger partial charge in [0, 0.05) is 0 Å². The zero-order valence-electron chi connectivity index (χ0n) is 9.11. The second-order valence-corrected chi connectivity index (χ2v) is 4.76. The maximum absolute atomic E-state index is 12.9. The molecule has 1 aromatic carbocycles. The van der Waals surface area contributed by atoms with Crippen LogP contribution in [0.25, 0.3) is 21.3 Å². The van der Waals surface area contributed by atoms with E-state index in [1.807, 2.05) is 0 Å². The van der Waals surface area contributed by atoms with Crippen LogP contribution in [0, 0.1) is 5.82 Å². The van der Waals surface area contributed by atoms with Crippen molar-refractivity contribution in [2.45, 2.75) is 0 Å². The summed E-state index contributed by atoms with van der Waals surface area (Å²) in [6.45, 7) is 0. The molecule has 3 aromatic rings. The number of nitrogens with one attached hydrogen (secondary N) is 1. The van der Waals surface area contributed by atoms with Crippen LogP contribution in [0.2, 0.25) is 0 Å². The third-order valence-electron chi connectivity index (χ3n) is 2.74. The molecule has 2 aromatic heterocycles. The maximum atomic E-state index is 12.9. The summed E-state index contributed by atoms with van der Waals surface area (Å²) in [5, 5.41) is 12.5. The molecule has 2 N–H and O–H groups in total. The first-order valence-electron chi connectivity index (χ1n) is 5.25. The Balaban J connectivity index is 2.34.